The number of benzene rings is 2. The molecule has 98 valence electrons. The molecule has 0 fully saturated rings. The summed E-state index contributed by atoms with van der Waals surface area (Å²) >= 11 is 1.80. The van der Waals surface area contributed by atoms with Gasteiger partial charge in [0.05, 0.1) is 6.04 Å². The largest absolute Gasteiger partial charge is 0.377 e. The molecule has 0 aliphatic heterocycles. The number of aryl methyl sites for hydroxylation is 1. The molecule has 0 spiro atoms. The lowest BCUT2D eigenvalue weighted by Crippen LogP contribution is -2.17. The first-order valence-corrected chi connectivity index (χ1v) is 8.08. The van der Waals surface area contributed by atoms with Gasteiger partial charge in [0.15, 0.2) is 0 Å². The summed E-state index contributed by atoms with van der Waals surface area (Å²) in [6.45, 7) is 0. The van der Waals surface area contributed by atoms with Crippen molar-refractivity contribution in [2.45, 2.75) is 30.2 Å². The van der Waals surface area contributed by atoms with Crippen LogP contribution in [0.4, 0.5) is 5.69 Å². The number of nitrogens with one attached hydrogen (secondary N) is 1. The molecule has 0 amide bonds. The lowest BCUT2D eigenvalue weighted by atomic mass is 9.87. The highest BCUT2D eigenvalue weighted by atomic mass is 32.2. The van der Waals surface area contributed by atoms with E-state index in [-0.39, 0.29) is 0 Å². The third-order valence-electron chi connectivity index (χ3n) is 3.81. The summed E-state index contributed by atoms with van der Waals surface area (Å²) in [5.41, 5.74) is 4.24. The van der Waals surface area contributed by atoms with Crippen molar-refractivity contribution in [1.29, 1.82) is 0 Å². The third kappa shape index (κ3) is 2.64. The first-order chi connectivity index (χ1) is 9.38. The molecule has 1 unspecified atom stereocenters. The van der Waals surface area contributed by atoms with Crippen LogP contribution in [0.3, 0.4) is 0 Å². The van der Waals surface area contributed by atoms with Crippen LogP contribution in [0.2, 0.25) is 0 Å². The second-order valence-corrected chi connectivity index (χ2v) is 5.84. The number of anilines is 1. The summed E-state index contributed by atoms with van der Waals surface area (Å²) in [7, 11) is 0. The van der Waals surface area contributed by atoms with E-state index in [1.165, 1.54) is 41.0 Å². The second-order valence-electron chi connectivity index (χ2n) is 4.99. The summed E-state index contributed by atoms with van der Waals surface area (Å²) in [6.07, 6.45) is 5.85. The molecule has 19 heavy (non-hydrogen) atoms. The predicted molar refractivity (Wildman–Crippen MR) is 84.0 cm³/mol. The van der Waals surface area contributed by atoms with Crippen LogP contribution in [0.25, 0.3) is 0 Å². The highest BCUT2D eigenvalue weighted by Crippen LogP contribution is 2.34. The summed E-state index contributed by atoms with van der Waals surface area (Å²) in [6, 6.07) is 17.9. The number of thioether (sulfide) groups is 1. The highest BCUT2D eigenvalue weighted by Gasteiger charge is 2.19. The smallest absolute Gasteiger partial charge is 0.0517 e. The van der Waals surface area contributed by atoms with E-state index < -0.39 is 0 Å². The predicted octanol–water partition coefficient (Wildman–Crippen LogP) is 4.90. The van der Waals surface area contributed by atoms with Crippen molar-refractivity contribution in [3.8, 4) is 0 Å². The van der Waals surface area contributed by atoms with Crippen LogP contribution in [0.5, 0.6) is 0 Å². The van der Waals surface area contributed by atoms with E-state index in [2.05, 4.69) is 60.1 Å². The van der Waals surface area contributed by atoms with Crippen LogP contribution in [-0.2, 0) is 6.42 Å². The van der Waals surface area contributed by atoms with Crippen LogP contribution in [0, 0.1) is 0 Å². The molecule has 2 aromatic rings. The minimum Gasteiger partial charge on any atom is -0.377 e. The first-order valence-electron chi connectivity index (χ1n) is 6.86. The normalized spacial score (nSPS) is 17.8. The lowest BCUT2D eigenvalue weighted by Gasteiger charge is -2.28. The molecule has 2 aromatic carbocycles. The fourth-order valence-corrected chi connectivity index (χ4v) is 3.42. The number of rotatable bonds is 3. The average Bonchev–Trinajstić information content (AvgIpc) is 2.48. The van der Waals surface area contributed by atoms with E-state index in [9.17, 15) is 0 Å². The molecule has 0 radical (unpaired) electrons. The number of fused-ring (bicyclic) bond motifs is 1. The average molecular weight is 269 g/mol. The molecule has 0 aromatic heterocycles. The van der Waals surface area contributed by atoms with Gasteiger partial charge in [0, 0.05) is 10.6 Å². The molecule has 1 nitrogen and oxygen atoms in total. The Kier molecular flexibility index (Phi) is 3.79. The minimum atomic E-state index is 0.457. The van der Waals surface area contributed by atoms with Gasteiger partial charge in [-0.1, -0.05) is 36.4 Å². The van der Waals surface area contributed by atoms with Crippen molar-refractivity contribution < 1.29 is 0 Å². The Labute approximate surface area is 119 Å². The maximum absolute atomic E-state index is 3.74. The van der Waals surface area contributed by atoms with Crippen molar-refractivity contribution in [2.24, 2.45) is 0 Å². The van der Waals surface area contributed by atoms with Crippen LogP contribution < -0.4 is 5.32 Å². The van der Waals surface area contributed by atoms with Gasteiger partial charge >= 0.3 is 0 Å². The molecule has 2 heteroatoms. The Morgan fingerprint density at radius 3 is 2.74 bits per heavy atom. The van der Waals surface area contributed by atoms with Crippen molar-refractivity contribution in [2.75, 3.05) is 11.6 Å². The molecule has 3 rings (SSSR count). The molecule has 0 saturated carbocycles. The molecular weight excluding hydrogens is 250 g/mol. The molecular formula is C17H19NS. The van der Waals surface area contributed by atoms with E-state index in [0.29, 0.717) is 6.04 Å². The Morgan fingerprint density at radius 1 is 1.05 bits per heavy atom. The zero-order valence-electron chi connectivity index (χ0n) is 11.2. The van der Waals surface area contributed by atoms with E-state index in [0.717, 1.165) is 0 Å². The Morgan fingerprint density at radius 2 is 1.84 bits per heavy atom. The monoisotopic (exact) mass is 269 g/mol. The minimum absolute atomic E-state index is 0.457. The molecule has 1 aliphatic rings. The second kappa shape index (κ2) is 5.70. The molecule has 0 bridgehead atoms. The van der Waals surface area contributed by atoms with Gasteiger partial charge < -0.3 is 5.32 Å². The van der Waals surface area contributed by atoms with Gasteiger partial charge in [-0.25, -0.2) is 0 Å². The van der Waals surface area contributed by atoms with Gasteiger partial charge in [-0.3, -0.25) is 0 Å². The number of para-hydroxylation sites is 1. The summed E-state index contributed by atoms with van der Waals surface area (Å²) in [4.78, 5) is 1.32. The fourth-order valence-electron chi connectivity index (χ4n) is 2.86. The number of hydrogen-bond acceptors (Lipinski definition) is 2. The van der Waals surface area contributed by atoms with Crippen LogP contribution >= 0.6 is 11.8 Å². The Balaban J connectivity index is 1.88. The Bertz CT molecular complexity index is 565. The topological polar surface area (TPSA) is 12.0 Å². The van der Waals surface area contributed by atoms with Crippen molar-refractivity contribution in [1.82, 2.24) is 0 Å². The Hall–Kier alpha value is -1.41. The van der Waals surface area contributed by atoms with Crippen LogP contribution in [0.15, 0.2) is 53.4 Å². The summed E-state index contributed by atoms with van der Waals surface area (Å²) < 4.78 is 0. The van der Waals surface area contributed by atoms with Gasteiger partial charge in [0.2, 0.25) is 0 Å². The number of hydrogen-bond donors (Lipinski definition) is 1. The first kappa shape index (κ1) is 12.6. The summed E-state index contributed by atoms with van der Waals surface area (Å²) in [5, 5.41) is 3.74. The van der Waals surface area contributed by atoms with Crippen molar-refractivity contribution >= 4 is 17.4 Å². The molecule has 1 atom stereocenters. The van der Waals surface area contributed by atoms with Gasteiger partial charge in [-0.2, -0.15) is 0 Å². The SMILES string of the molecule is CSc1ccccc1NC1CCCc2ccccc21. The van der Waals surface area contributed by atoms with E-state index in [1.54, 1.807) is 11.8 Å². The van der Waals surface area contributed by atoms with Gasteiger partial charge in [0.25, 0.3) is 0 Å². The third-order valence-corrected chi connectivity index (χ3v) is 4.60. The molecule has 0 heterocycles. The van der Waals surface area contributed by atoms with E-state index in [4.69, 9.17) is 0 Å². The zero-order valence-corrected chi connectivity index (χ0v) is 12.0. The molecule has 0 saturated heterocycles. The van der Waals surface area contributed by atoms with E-state index >= 15 is 0 Å². The quantitative estimate of drug-likeness (QED) is 0.796. The maximum Gasteiger partial charge on any atom is 0.0517 e. The van der Waals surface area contributed by atoms with Gasteiger partial charge in [-0.15, -0.1) is 11.8 Å². The molecule has 1 N–H and O–H groups in total. The van der Waals surface area contributed by atoms with Gasteiger partial charge in [-0.05, 0) is 48.8 Å². The maximum atomic E-state index is 3.74. The van der Waals surface area contributed by atoms with Crippen LogP contribution in [-0.4, -0.2) is 6.26 Å². The fraction of sp³-hybridized carbons (Fsp3) is 0.294. The standard InChI is InChI=1S/C17H19NS/c1-19-17-12-5-4-10-16(17)18-15-11-6-8-13-7-2-3-9-14(13)15/h2-5,7,9-10,12,15,18H,6,8,11H2,1H3. The van der Waals surface area contributed by atoms with Crippen molar-refractivity contribution in [3.05, 3.63) is 59.7 Å². The van der Waals surface area contributed by atoms with E-state index in [1.807, 2.05) is 0 Å². The van der Waals surface area contributed by atoms with Crippen LogP contribution in [0.1, 0.15) is 30.0 Å². The molecule has 1 aliphatic carbocycles. The zero-order chi connectivity index (χ0) is 13.1. The lowest BCUT2D eigenvalue weighted by molar-refractivity contribution is 0.599. The van der Waals surface area contributed by atoms with Gasteiger partial charge in [0.1, 0.15) is 0 Å². The van der Waals surface area contributed by atoms with Crippen molar-refractivity contribution in [3.63, 3.8) is 0 Å². The summed E-state index contributed by atoms with van der Waals surface area (Å²) in [5.74, 6) is 0. The highest BCUT2D eigenvalue weighted by molar-refractivity contribution is 7.98.